The van der Waals surface area contributed by atoms with E-state index in [1.54, 1.807) is 0 Å². The topological polar surface area (TPSA) is 46.2 Å². The Kier molecular flexibility index (Phi) is 4.96. The number of benzene rings is 1. The lowest BCUT2D eigenvalue weighted by Crippen LogP contribution is -2.24. The predicted molar refractivity (Wildman–Crippen MR) is 67.0 cm³/mol. The first-order valence-electron chi connectivity index (χ1n) is 5.53. The Bertz CT molecular complexity index is 409. The van der Waals surface area contributed by atoms with Crippen molar-refractivity contribution in [3.63, 3.8) is 0 Å². The zero-order valence-electron chi connectivity index (χ0n) is 9.86. The van der Waals surface area contributed by atoms with E-state index in [1.807, 2.05) is 0 Å². The first kappa shape index (κ1) is 13.2. The molecule has 0 radical (unpaired) electrons. The van der Waals surface area contributed by atoms with Crippen molar-refractivity contribution in [3.05, 3.63) is 35.4 Å². The van der Waals surface area contributed by atoms with Gasteiger partial charge in [0.05, 0.1) is 6.26 Å². The van der Waals surface area contributed by atoms with Crippen molar-refractivity contribution in [1.82, 2.24) is 4.72 Å². The second kappa shape index (κ2) is 6.01. The summed E-state index contributed by atoms with van der Waals surface area (Å²) in [6.45, 7) is 2.62. The molecule has 0 heterocycles. The van der Waals surface area contributed by atoms with Gasteiger partial charge in [0.1, 0.15) is 0 Å². The lowest BCUT2D eigenvalue weighted by molar-refractivity contribution is 0.588. The van der Waals surface area contributed by atoms with Gasteiger partial charge in [-0.3, -0.25) is 0 Å². The Morgan fingerprint density at radius 3 is 2.00 bits per heavy atom. The van der Waals surface area contributed by atoms with Gasteiger partial charge in [0.2, 0.25) is 10.0 Å². The minimum atomic E-state index is -3.06. The largest absolute Gasteiger partial charge is 0.215 e. The molecule has 0 aliphatic rings. The molecule has 0 saturated heterocycles. The molecule has 1 aromatic rings. The molecule has 90 valence electrons. The van der Waals surface area contributed by atoms with E-state index in [0.717, 1.165) is 24.8 Å². The number of hydrogen-bond donors (Lipinski definition) is 1. The van der Waals surface area contributed by atoms with Crippen molar-refractivity contribution in [1.29, 1.82) is 0 Å². The zero-order valence-corrected chi connectivity index (χ0v) is 10.7. The van der Waals surface area contributed by atoms with Crippen molar-refractivity contribution < 1.29 is 8.42 Å². The molecule has 16 heavy (non-hydrogen) atoms. The molecule has 0 saturated carbocycles. The third kappa shape index (κ3) is 5.28. The van der Waals surface area contributed by atoms with Crippen molar-refractivity contribution >= 4 is 10.0 Å². The smallest absolute Gasteiger partial charge is 0.208 e. The van der Waals surface area contributed by atoms with Crippen LogP contribution >= 0.6 is 0 Å². The van der Waals surface area contributed by atoms with Crippen LogP contribution in [0.15, 0.2) is 24.3 Å². The molecule has 0 bridgehead atoms. The summed E-state index contributed by atoms with van der Waals surface area (Å²) in [5.41, 5.74) is 2.50. The summed E-state index contributed by atoms with van der Waals surface area (Å²) in [7, 11) is -3.06. The molecule has 0 spiro atoms. The molecule has 1 aromatic carbocycles. The van der Waals surface area contributed by atoms with Crippen LogP contribution in [0.3, 0.4) is 0 Å². The molecule has 0 unspecified atom stereocenters. The maximum absolute atomic E-state index is 10.8. The maximum Gasteiger partial charge on any atom is 0.208 e. The van der Waals surface area contributed by atoms with Gasteiger partial charge in [-0.1, -0.05) is 37.6 Å². The van der Waals surface area contributed by atoms with Gasteiger partial charge in [-0.05, 0) is 24.0 Å². The SMILES string of the molecule is CCCc1ccc(CCNS(C)(=O)=O)cc1. The highest BCUT2D eigenvalue weighted by Gasteiger charge is 2.00. The average molecular weight is 241 g/mol. The highest BCUT2D eigenvalue weighted by Crippen LogP contribution is 2.06. The van der Waals surface area contributed by atoms with Crippen molar-refractivity contribution in [2.24, 2.45) is 0 Å². The molecular weight excluding hydrogens is 222 g/mol. The van der Waals surface area contributed by atoms with E-state index in [9.17, 15) is 8.42 Å². The van der Waals surface area contributed by atoms with Gasteiger partial charge in [0, 0.05) is 6.54 Å². The number of hydrogen-bond acceptors (Lipinski definition) is 2. The third-order valence-corrected chi connectivity index (χ3v) is 3.07. The van der Waals surface area contributed by atoms with Crippen molar-refractivity contribution in [2.75, 3.05) is 12.8 Å². The molecule has 3 nitrogen and oxygen atoms in total. The fourth-order valence-corrected chi connectivity index (χ4v) is 2.01. The summed E-state index contributed by atoms with van der Waals surface area (Å²) in [6, 6.07) is 8.35. The van der Waals surface area contributed by atoms with Crippen molar-refractivity contribution in [3.8, 4) is 0 Å². The summed E-state index contributed by atoms with van der Waals surface area (Å²) in [4.78, 5) is 0. The van der Waals surface area contributed by atoms with Crippen LogP contribution in [0, 0.1) is 0 Å². The van der Waals surface area contributed by atoms with Crippen molar-refractivity contribution in [2.45, 2.75) is 26.2 Å². The zero-order chi connectivity index (χ0) is 12.0. The van der Waals surface area contributed by atoms with E-state index >= 15 is 0 Å². The van der Waals surface area contributed by atoms with Gasteiger partial charge in [0.15, 0.2) is 0 Å². The van der Waals surface area contributed by atoms with Gasteiger partial charge >= 0.3 is 0 Å². The molecule has 0 atom stereocenters. The normalized spacial score (nSPS) is 11.6. The molecule has 0 fully saturated rings. The fourth-order valence-electron chi connectivity index (χ4n) is 1.54. The van der Waals surface area contributed by atoms with E-state index in [-0.39, 0.29) is 0 Å². The van der Waals surface area contributed by atoms with E-state index in [0.29, 0.717) is 6.54 Å². The quantitative estimate of drug-likeness (QED) is 0.824. The Hall–Kier alpha value is -0.870. The van der Waals surface area contributed by atoms with Gasteiger partial charge < -0.3 is 0 Å². The lowest BCUT2D eigenvalue weighted by Gasteiger charge is -2.04. The van der Waals surface area contributed by atoms with Gasteiger partial charge in [0.25, 0.3) is 0 Å². The number of sulfonamides is 1. The second-order valence-corrected chi connectivity index (χ2v) is 5.82. The van der Waals surface area contributed by atoms with E-state index in [2.05, 4.69) is 35.9 Å². The van der Waals surface area contributed by atoms with Crippen LogP contribution in [-0.4, -0.2) is 21.2 Å². The summed E-state index contributed by atoms with van der Waals surface area (Å²) in [5.74, 6) is 0. The maximum atomic E-state index is 10.8. The van der Waals surface area contributed by atoms with Crippen LogP contribution in [0.4, 0.5) is 0 Å². The first-order chi connectivity index (χ1) is 7.51. The molecular formula is C12H19NO2S. The molecule has 4 heteroatoms. The van der Waals surface area contributed by atoms with Crippen LogP contribution in [0.1, 0.15) is 24.5 Å². The minimum Gasteiger partial charge on any atom is -0.215 e. The molecule has 0 amide bonds. The highest BCUT2D eigenvalue weighted by atomic mass is 32.2. The molecule has 0 aliphatic carbocycles. The van der Waals surface area contributed by atoms with Crippen LogP contribution in [-0.2, 0) is 22.9 Å². The summed E-state index contributed by atoms with van der Waals surface area (Å²) in [6.07, 6.45) is 4.16. The minimum absolute atomic E-state index is 0.464. The number of rotatable bonds is 6. The Labute approximate surface area is 97.9 Å². The highest BCUT2D eigenvalue weighted by molar-refractivity contribution is 7.88. The van der Waals surface area contributed by atoms with Crippen LogP contribution in [0.5, 0.6) is 0 Å². The average Bonchev–Trinajstić information content (AvgIpc) is 2.19. The number of nitrogens with one attached hydrogen (secondary N) is 1. The lowest BCUT2D eigenvalue weighted by atomic mass is 10.1. The van der Waals surface area contributed by atoms with Gasteiger partial charge in [-0.15, -0.1) is 0 Å². The van der Waals surface area contributed by atoms with Crippen LogP contribution in [0.2, 0.25) is 0 Å². The Morgan fingerprint density at radius 1 is 1.06 bits per heavy atom. The predicted octanol–water partition coefficient (Wildman–Crippen LogP) is 1.73. The molecule has 0 aromatic heterocycles. The molecule has 0 aliphatic heterocycles. The first-order valence-corrected chi connectivity index (χ1v) is 7.43. The number of aryl methyl sites for hydroxylation is 1. The Balaban J connectivity index is 2.43. The van der Waals surface area contributed by atoms with Crippen LogP contribution < -0.4 is 4.72 Å². The second-order valence-electron chi connectivity index (χ2n) is 3.98. The summed E-state index contributed by atoms with van der Waals surface area (Å²) in [5, 5.41) is 0. The monoisotopic (exact) mass is 241 g/mol. The Morgan fingerprint density at radius 2 is 1.56 bits per heavy atom. The summed E-state index contributed by atoms with van der Waals surface area (Å²) < 4.78 is 24.2. The van der Waals surface area contributed by atoms with E-state index < -0.39 is 10.0 Å². The standard InChI is InChI=1S/C12H19NO2S/c1-3-4-11-5-7-12(8-6-11)9-10-13-16(2,14)15/h5-8,13H,3-4,9-10H2,1-2H3. The van der Waals surface area contributed by atoms with Crippen LogP contribution in [0.25, 0.3) is 0 Å². The summed E-state index contributed by atoms with van der Waals surface area (Å²) >= 11 is 0. The van der Waals surface area contributed by atoms with E-state index in [1.165, 1.54) is 11.8 Å². The van der Waals surface area contributed by atoms with E-state index in [4.69, 9.17) is 0 Å². The molecule has 1 N–H and O–H groups in total. The van der Waals surface area contributed by atoms with Gasteiger partial charge in [-0.2, -0.15) is 0 Å². The molecule has 1 rings (SSSR count). The fraction of sp³-hybridized carbons (Fsp3) is 0.500. The van der Waals surface area contributed by atoms with Gasteiger partial charge in [-0.25, -0.2) is 13.1 Å². The third-order valence-electron chi connectivity index (χ3n) is 2.34.